The number of carboxylic acids is 1. The first-order valence-electron chi connectivity index (χ1n) is 4.87. The van der Waals surface area contributed by atoms with Gasteiger partial charge in [0.2, 0.25) is 0 Å². The van der Waals surface area contributed by atoms with Gasteiger partial charge in [0.1, 0.15) is 0 Å². The predicted octanol–water partition coefficient (Wildman–Crippen LogP) is 2.82. The lowest BCUT2D eigenvalue weighted by Gasteiger charge is -2.06. The number of non-ortho nitro benzene ring substituents is 1. The molecule has 7 nitrogen and oxygen atoms in total. The second-order valence-corrected chi connectivity index (χ2v) is 4.77. The molecule has 2 aromatic rings. The van der Waals surface area contributed by atoms with Crippen molar-refractivity contribution in [3.8, 4) is 0 Å². The SMILES string of the molecule is O=C(O)c1cc([N+](=O)[O-])cc(Cl)c1Sc1ncc[nH]1. The molecule has 0 unspecified atom stereocenters. The van der Waals surface area contributed by atoms with E-state index in [2.05, 4.69) is 9.97 Å². The van der Waals surface area contributed by atoms with Crippen LogP contribution in [0.2, 0.25) is 5.02 Å². The fraction of sp³-hybridized carbons (Fsp3) is 0. The highest BCUT2D eigenvalue weighted by Gasteiger charge is 2.21. The summed E-state index contributed by atoms with van der Waals surface area (Å²) in [5.74, 6) is -1.29. The van der Waals surface area contributed by atoms with Crippen molar-refractivity contribution in [2.45, 2.75) is 10.1 Å². The number of carbonyl (C=O) groups is 1. The first-order chi connectivity index (χ1) is 8.99. The largest absolute Gasteiger partial charge is 0.478 e. The second-order valence-electron chi connectivity index (χ2n) is 3.36. The fourth-order valence-electron chi connectivity index (χ4n) is 1.35. The molecule has 0 radical (unpaired) electrons. The van der Waals surface area contributed by atoms with E-state index in [1.807, 2.05) is 0 Å². The first kappa shape index (κ1) is 13.4. The average molecular weight is 300 g/mol. The maximum absolute atomic E-state index is 11.2. The van der Waals surface area contributed by atoms with Gasteiger partial charge in [-0.1, -0.05) is 11.6 Å². The van der Waals surface area contributed by atoms with Gasteiger partial charge in [0, 0.05) is 29.4 Å². The summed E-state index contributed by atoms with van der Waals surface area (Å²) in [6.07, 6.45) is 3.07. The Balaban J connectivity index is 2.52. The van der Waals surface area contributed by atoms with Crippen molar-refractivity contribution in [3.63, 3.8) is 0 Å². The van der Waals surface area contributed by atoms with Crippen molar-refractivity contribution >= 4 is 35.0 Å². The monoisotopic (exact) mass is 299 g/mol. The minimum atomic E-state index is -1.29. The molecule has 9 heteroatoms. The second kappa shape index (κ2) is 5.29. The van der Waals surface area contributed by atoms with Crippen LogP contribution in [0.25, 0.3) is 0 Å². The highest BCUT2D eigenvalue weighted by atomic mass is 35.5. The van der Waals surface area contributed by atoms with Gasteiger partial charge in [-0.25, -0.2) is 9.78 Å². The third kappa shape index (κ3) is 2.85. The molecular weight excluding hydrogens is 294 g/mol. The van der Waals surface area contributed by atoms with E-state index in [-0.39, 0.29) is 21.2 Å². The Morgan fingerprint density at radius 2 is 2.26 bits per heavy atom. The van der Waals surface area contributed by atoms with E-state index in [1.165, 1.54) is 6.20 Å². The summed E-state index contributed by atoms with van der Waals surface area (Å²) in [7, 11) is 0. The van der Waals surface area contributed by atoms with Gasteiger partial charge in [-0.2, -0.15) is 0 Å². The molecule has 0 bridgehead atoms. The minimum Gasteiger partial charge on any atom is -0.478 e. The number of hydrogen-bond donors (Lipinski definition) is 2. The first-order valence-corrected chi connectivity index (χ1v) is 6.07. The number of rotatable bonds is 4. The van der Waals surface area contributed by atoms with Crippen molar-refractivity contribution in [3.05, 3.63) is 45.2 Å². The molecule has 2 N–H and O–H groups in total. The number of benzene rings is 1. The van der Waals surface area contributed by atoms with Crippen LogP contribution in [-0.2, 0) is 0 Å². The molecule has 0 atom stereocenters. The molecule has 0 amide bonds. The van der Waals surface area contributed by atoms with E-state index < -0.39 is 10.9 Å². The maximum Gasteiger partial charge on any atom is 0.337 e. The third-order valence-electron chi connectivity index (χ3n) is 2.14. The molecule has 1 heterocycles. The lowest BCUT2D eigenvalue weighted by atomic mass is 10.2. The number of nitrogens with one attached hydrogen (secondary N) is 1. The Morgan fingerprint density at radius 1 is 1.53 bits per heavy atom. The number of nitrogens with zero attached hydrogens (tertiary/aromatic N) is 2. The molecule has 0 aliphatic rings. The van der Waals surface area contributed by atoms with Crippen LogP contribution in [0.15, 0.2) is 34.6 Å². The van der Waals surface area contributed by atoms with E-state index in [0.29, 0.717) is 5.16 Å². The van der Waals surface area contributed by atoms with Crippen LogP contribution in [0.4, 0.5) is 5.69 Å². The zero-order valence-electron chi connectivity index (χ0n) is 9.16. The van der Waals surface area contributed by atoms with Crippen LogP contribution in [0.5, 0.6) is 0 Å². The fourth-order valence-corrected chi connectivity index (χ4v) is 2.53. The number of nitro benzene ring substituents is 1. The molecule has 1 aromatic carbocycles. The number of H-pyrrole nitrogens is 1. The number of hydrogen-bond acceptors (Lipinski definition) is 5. The molecular formula is C10H6ClN3O4S. The van der Waals surface area contributed by atoms with Crippen LogP contribution >= 0.6 is 23.4 Å². The number of imidazole rings is 1. The number of halogens is 1. The predicted molar refractivity (Wildman–Crippen MR) is 67.8 cm³/mol. The van der Waals surface area contributed by atoms with Crippen LogP contribution < -0.4 is 0 Å². The molecule has 1 aromatic heterocycles. The van der Waals surface area contributed by atoms with Crippen molar-refractivity contribution in [1.29, 1.82) is 0 Å². The van der Waals surface area contributed by atoms with Crippen molar-refractivity contribution < 1.29 is 14.8 Å². The number of nitro groups is 1. The van der Waals surface area contributed by atoms with Crippen molar-refractivity contribution in [2.24, 2.45) is 0 Å². The van der Waals surface area contributed by atoms with Gasteiger partial charge in [-0.05, 0) is 11.8 Å². The van der Waals surface area contributed by atoms with Crippen LogP contribution in [0.3, 0.4) is 0 Å². The molecule has 0 aliphatic heterocycles. The lowest BCUT2D eigenvalue weighted by molar-refractivity contribution is -0.384. The van der Waals surface area contributed by atoms with Gasteiger partial charge in [-0.15, -0.1) is 0 Å². The van der Waals surface area contributed by atoms with E-state index in [1.54, 1.807) is 6.20 Å². The molecule has 0 spiro atoms. The molecule has 98 valence electrons. The molecule has 0 saturated carbocycles. The number of carboxylic acid groups (broad SMARTS) is 1. The Bertz CT molecular complexity index is 644. The summed E-state index contributed by atoms with van der Waals surface area (Å²) < 4.78 is 0. The van der Waals surface area contributed by atoms with Gasteiger partial charge in [0.05, 0.1) is 15.5 Å². The van der Waals surface area contributed by atoms with Crippen molar-refractivity contribution in [2.75, 3.05) is 0 Å². The van der Waals surface area contributed by atoms with E-state index in [0.717, 1.165) is 23.9 Å². The van der Waals surface area contributed by atoms with E-state index in [9.17, 15) is 14.9 Å². The van der Waals surface area contributed by atoms with Gasteiger partial charge in [0.25, 0.3) is 5.69 Å². The lowest BCUT2D eigenvalue weighted by Crippen LogP contribution is -2.01. The average Bonchev–Trinajstić information content (AvgIpc) is 2.83. The van der Waals surface area contributed by atoms with Crippen LogP contribution in [0, 0.1) is 10.1 Å². The number of aromatic nitrogens is 2. The standard InChI is InChI=1S/C10H6ClN3O4S/c11-7-4-5(14(17)18)3-6(9(15)16)8(7)19-10-12-1-2-13-10/h1-4H,(H,12,13)(H,15,16). The summed E-state index contributed by atoms with van der Waals surface area (Å²) in [6.45, 7) is 0. The van der Waals surface area contributed by atoms with E-state index >= 15 is 0 Å². The Hall–Kier alpha value is -2.06. The normalized spacial score (nSPS) is 10.4. The molecule has 0 aliphatic carbocycles. The molecule has 0 fully saturated rings. The molecule has 2 rings (SSSR count). The number of aromatic carboxylic acids is 1. The van der Waals surface area contributed by atoms with Gasteiger partial charge in [-0.3, -0.25) is 10.1 Å². The van der Waals surface area contributed by atoms with Crippen molar-refractivity contribution in [1.82, 2.24) is 9.97 Å². The topological polar surface area (TPSA) is 109 Å². The van der Waals surface area contributed by atoms with E-state index in [4.69, 9.17) is 16.7 Å². The quantitative estimate of drug-likeness (QED) is 0.663. The number of aromatic amines is 1. The summed E-state index contributed by atoms with van der Waals surface area (Å²) >= 11 is 6.90. The summed E-state index contributed by atoms with van der Waals surface area (Å²) in [6, 6.07) is 2.08. The maximum atomic E-state index is 11.2. The Labute approximate surface area is 115 Å². The Morgan fingerprint density at radius 3 is 2.79 bits per heavy atom. The summed E-state index contributed by atoms with van der Waals surface area (Å²) in [5.41, 5.74) is -0.605. The third-order valence-corrected chi connectivity index (χ3v) is 3.61. The van der Waals surface area contributed by atoms with Crippen LogP contribution in [-0.4, -0.2) is 26.0 Å². The Kier molecular flexibility index (Phi) is 3.72. The summed E-state index contributed by atoms with van der Waals surface area (Å²) in [4.78, 5) is 28.1. The van der Waals surface area contributed by atoms with Gasteiger partial charge < -0.3 is 10.1 Å². The highest BCUT2D eigenvalue weighted by Crippen LogP contribution is 2.37. The zero-order chi connectivity index (χ0) is 14.0. The molecule has 19 heavy (non-hydrogen) atoms. The minimum absolute atomic E-state index is 0.00648. The van der Waals surface area contributed by atoms with Crippen LogP contribution in [0.1, 0.15) is 10.4 Å². The smallest absolute Gasteiger partial charge is 0.337 e. The zero-order valence-corrected chi connectivity index (χ0v) is 10.7. The van der Waals surface area contributed by atoms with Gasteiger partial charge >= 0.3 is 5.97 Å². The molecule has 0 saturated heterocycles. The highest BCUT2D eigenvalue weighted by molar-refractivity contribution is 7.99. The van der Waals surface area contributed by atoms with Gasteiger partial charge in [0.15, 0.2) is 5.16 Å². The summed E-state index contributed by atoms with van der Waals surface area (Å²) in [5, 5.41) is 20.2.